The number of hydrogen-bond donors (Lipinski definition) is 2. The standard InChI is InChI=1S/C16H31N5O2/c1-6-13(7-2)15(20(3)4)11-17-16(22)19-14-10-18-21(12-14)8-9-23-5/h10,12-13,15H,6-9,11H2,1-5H3,(H2,17,19,22). The first kappa shape index (κ1) is 19.4. The lowest BCUT2D eigenvalue weighted by molar-refractivity contribution is 0.183. The van der Waals surface area contributed by atoms with E-state index in [1.54, 1.807) is 24.2 Å². The number of carbonyl (C=O) groups excluding carboxylic acids is 1. The summed E-state index contributed by atoms with van der Waals surface area (Å²) in [6.45, 7) is 6.27. The Bertz CT molecular complexity index is 457. The Morgan fingerprint density at radius 3 is 2.65 bits per heavy atom. The number of hydrogen-bond acceptors (Lipinski definition) is 4. The van der Waals surface area contributed by atoms with Gasteiger partial charge in [-0.1, -0.05) is 26.7 Å². The fourth-order valence-corrected chi connectivity index (χ4v) is 2.71. The zero-order chi connectivity index (χ0) is 17.2. The largest absolute Gasteiger partial charge is 0.383 e. The zero-order valence-corrected chi connectivity index (χ0v) is 15.0. The molecule has 2 N–H and O–H groups in total. The molecular weight excluding hydrogens is 294 g/mol. The summed E-state index contributed by atoms with van der Waals surface area (Å²) in [5, 5.41) is 9.95. The smallest absolute Gasteiger partial charge is 0.319 e. The van der Waals surface area contributed by atoms with E-state index in [0.29, 0.717) is 37.3 Å². The van der Waals surface area contributed by atoms with Crippen molar-refractivity contribution in [2.45, 2.75) is 39.3 Å². The predicted octanol–water partition coefficient (Wildman–Crippen LogP) is 2.02. The number of urea groups is 1. The highest BCUT2D eigenvalue weighted by atomic mass is 16.5. The summed E-state index contributed by atoms with van der Waals surface area (Å²) >= 11 is 0. The Kier molecular flexibility index (Phi) is 8.65. The molecule has 7 heteroatoms. The van der Waals surface area contributed by atoms with Crippen molar-refractivity contribution in [3.05, 3.63) is 12.4 Å². The van der Waals surface area contributed by atoms with Gasteiger partial charge < -0.3 is 20.3 Å². The van der Waals surface area contributed by atoms with E-state index in [-0.39, 0.29) is 6.03 Å². The third-order valence-corrected chi connectivity index (χ3v) is 4.14. The molecule has 1 unspecified atom stereocenters. The lowest BCUT2D eigenvalue weighted by Gasteiger charge is -2.31. The highest BCUT2D eigenvalue weighted by Crippen LogP contribution is 2.16. The summed E-state index contributed by atoms with van der Waals surface area (Å²) in [6.07, 6.45) is 5.65. The van der Waals surface area contributed by atoms with E-state index in [4.69, 9.17) is 4.74 Å². The molecule has 0 spiro atoms. The van der Waals surface area contributed by atoms with Gasteiger partial charge in [0.05, 0.1) is 25.0 Å². The van der Waals surface area contributed by atoms with Crippen molar-refractivity contribution in [2.75, 3.05) is 39.7 Å². The number of methoxy groups -OCH3 is 1. The van der Waals surface area contributed by atoms with Gasteiger partial charge in [-0.25, -0.2) is 4.79 Å². The van der Waals surface area contributed by atoms with Crippen LogP contribution in [0.3, 0.4) is 0 Å². The highest BCUT2D eigenvalue weighted by Gasteiger charge is 2.21. The number of aromatic nitrogens is 2. The molecule has 23 heavy (non-hydrogen) atoms. The fourth-order valence-electron chi connectivity index (χ4n) is 2.71. The lowest BCUT2D eigenvalue weighted by atomic mass is 9.93. The molecule has 0 radical (unpaired) electrons. The molecule has 0 aliphatic rings. The molecule has 0 saturated carbocycles. The van der Waals surface area contributed by atoms with Crippen LogP contribution >= 0.6 is 0 Å². The van der Waals surface area contributed by atoms with Crippen molar-refractivity contribution in [2.24, 2.45) is 5.92 Å². The normalized spacial score (nSPS) is 12.7. The van der Waals surface area contributed by atoms with Crippen LogP contribution in [0.5, 0.6) is 0 Å². The SMILES string of the molecule is CCC(CC)C(CNC(=O)Nc1cnn(CCOC)c1)N(C)C. The Hall–Kier alpha value is -1.60. The number of carbonyl (C=O) groups is 1. The predicted molar refractivity (Wildman–Crippen MR) is 92.7 cm³/mol. The van der Waals surface area contributed by atoms with Crippen LogP contribution in [-0.4, -0.2) is 61.1 Å². The van der Waals surface area contributed by atoms with Gasteiger partial charge in [0, 0.05) is 25.9 Å². The van der Waals surface area contributed by atoms with E-state index in [2.05, 4.69) is 48.6 Å². The number of nitrogens with zero attached hydrogens (tertiary/aromatic N) is 3. The quantitative estimate of drug-likeness (QED) is 0.690. The number of nitrogens with one attached hydrogen (secondary N) is 2. The summed E-state index contributed by atoms with van der Waals surface area (Å²) in [5.74, 6) is 0.571. The van der Waals surface area contributed by atoms with Crippen molar-refractivity contribution in [1.82, 2.24) is 20.0 Å². The average molecular weight is 325 g/mol. The highest BCUT2D eigenvalue weighted by molar-refractivity contribution is 5.88. The number of rotatable bonds is 10. The van der Waals surface area contributed by atoms with Crippen LogP contribution in [-0.2, 0) is 11.3 Å². The van der Waals surface area contributed by atoms with Gasteiger partial charge in [-0.05, 0) is 20.0 Å². The zero-order valence-electron chi connectivity index (χ0n) is 15.0. The van der Waals surface area contributed by atoms with Crippen LogP contribution in [0.2, 0.25) is 0 Å². The summed E-state index contributed by atoms with van der Waals surface area (Å²) in [6, 6.07) is 0.134. The van der Waals surface area contributed by atoms with Gasteiger partial charge in [0.15, 0.2) is 0 Å². The molecule has 0 aliphatic carbocycles. The topological polar surface area (TPSA) is 71.4 Å². The minimum absolute atomic E-state index is 0.200. The molecule has 0 saturated heterocycles. The minimum Gasteiger partial charge on any atom is -0.383 e. The van der Waals surface area contributed by atoms with Crippen molar-refractivity contribution in [3.8, 4) is 0 Å². The number of anilines is 1. The Balaban J connectivity index is 2.47. The Morgan fingerprint density at radius 1 is 1.39 bits per heavy atom. The second-order valence-corrected chi connectivity index (χ2v) is 5.93. The van der Waals surface area contributed by atoms with E-state index in [1.165, 1.54) is 0 Å². The second kappa shape index (κ2) is 10.2. The van der Waals surface area contributed by atoms with Crippen molar-refractivity contribution in [3.63, 3.8) is 0 Å². The molecule has 1 atom stereocenters. The first-order chi connectivity index (χ1) is 11.0. The van der Waals surface area contributed by atoms with Crippen molar-refractivity contribution < 1.29 is 9.53 Å². The van der Waals surface area contributed by atoms with E-state index >= 15 is 0 Å². The summed E-state index contributed by atoms with van der Waals surface area (Å²) < 4.78 is 6.74. The van der Waals surface area contributed by atoms with E-state index < -0.39 is 0 Å². The van der Waals surface area contributed by atoms with Crippen LogP contribution in [0.25, 0.3) is 0 Å². The Labute approximate surface area is 139 Å². The first-order valence-electron chi connectivity index (χ1n) is 8.24. The van der Waals surface area contributed by atoms with Crippen LogP contribution in [0.1, 0.15) is 26.7 Å². The number of likely N-dealkylation sites (N-methyl/N-ethyl adjacent to an activating group) is 1. The summed E-state index contributed by atoms with van der Waals surface area (Å²) in [5.41, 5.74) is 0.683. The molecule has 1 aromatic rings. The van der Waals surface area contributed by atoms with Gasteiger partial charge in [-0.15, -0.1) is 0 Å². The van der Waals surface area contributed by atoms with Gasteiger partial charge in [0.25, 0.3) is 0 Å². The fraction of sp³-hybridized carbons (Fsp3) is 0.750. The summed E-state index contributed by atoms with van der Waals surface area (Å²) in [4.78, 5) is 14.2. The molecular formula is C16H31N5O2. The number of ether oxygens (including phenoxy) is 1. The average Bonchev–Trinajstić information content (AvgIpc) is 2.96. The van der Waals surface area contributed by atoms with Crippen LogP contribution in [0, 0.1) is 5.92 Å². The van der Waals surface area contributed by atoms with Crippen molar-refractivity contribution in [1.29, 1.82) is 0 Å². The van der Waals surface area contributed by atoms with Crippen LogP contribution in [0.4, 0.5) is 10.5 Å². The molecule has 0 aliphatic heterocycles. The van der Waals surface area contributed by atoms with Gasteiger partial charge in [0.2, 0.25) is 0 Å². The molecule has 7 nitrogen and oxygen atoms in total. The van der Waals surface area contributed by atoms with Gasteiger partial charge in [0.1, 0.15) is 0 Å². The molecule has 132 valence electrons. The Morgan fingerprint density at radius 2 is 2.09 bits per heavy atom. The van der Waals surface area contributed by atoms with Crippen LogP contribution < -0.4 is 10.6 Å². The van der Waals surface area contributed by atoms with Gasteiger partial charge in [-0.2, -0.15) is 5.10 Å². The summed E-state index contributed by atoms with van der Waals surface area (Å²) in [7, 11) is 5.77. The molecule has 0 bridgehead atoms. The molecule has 1 aromatic heterocycles. The van der Waals surface area contributed by atoms with Crippen molar-refractivity contribution >= 4 is 11.7 Å². The van der Waals surface area contributed by atoms with Gasteiger partial charge >= 0.3 is 6.03 Å². The molecule has 0 fully saturated rings. The van der Waals surface area contributed by atoms with Gasteiger partial charge in [-0.3, -0.25) is 4.68 Å². The molecule has 1 heterocycles. The number of amides is 2. The maximum Gasteiger partial charge on any atom is 0.319 e. The minimum atomic E-state index is -0.200. The lowest BCUT2D eigenvalue weighted by Crippen LogP contribution is -2.45. The first-order valence-corrected chi connectivity index (χ1v) is 8.24. The van der Waals surface area contributed by atoms with E-state index in [0.717, 1.165) is 12.8 Å². The maximum atomic E-state index is 12.1. The van der Waals surface area contributed by atoms with E-state index in [1.807, 2.05) is 0 Å². The maximum absolute atomic E-state index is 12.1. The second-order valence-electron chi connectivity index (χ2n) is 5.93. The van der Waals surface area contributed by atoms with E-state index in [9.17, 15) is 4.79 Å². The van der Waals surface area contributed by atoms with Crippen LogP contribution in [0.15, 0.2) is 12.4 Å². The third-order valence-electron chi connectivity index (χ3n) is 4.14. The monoisotopic (exact) mass is 325 g/mol. The third kappa shape index (κ3) is 6.58. The molecule has 0 aromatic carbocycles. The molecule has 2 amide bonds. The molecule has 1 rings (SSSR count).